The van der Waals surface area contributed by atoms with E-state index in [0.717, 1.165) is 31.1 Å². The van der Waals surface area contributed by atoms with Crippen LogP contribution in [0, 0.1) is 11.6 Å². The van der Waals surface area contributed by atoms with Gasteiger partial charge in [0, 0.05) is 11.6 Å². The number of nitrogens with one attached hydrogen (secondary N) is 1. The fraction of sp³-hybridized carbons (Fsp3) is 0.455. The summed E-state index contributed by atoms with van der Waals surface area (Å²) in [6.45, 7) is 0.913. The lowest BCUT2D eigenvalue weighted by Gasteiger charge is -2.13. The van der Waals surface area contributed by atoms with Gasteiger partial charge in [-0.25, -0.2) is 8.78 Å². The Bertz CT molecular complexity index is 362. The van der Waals surface area contributed by atoms with Crippen molar-refractivity contribution in [3.63, 3.8) is 0 Å². The molecular weight excluding hydrogens is 216 g/mol. The summed E-state index contributed by atoms with van der Waals surface area (Å²) < 4.78 is 27.1. The van der Waals surface area contributed by atoms with E-state index in [4.69, 9.17) is 0 Å². The molecule has 0 aromatic heterocycles. The average Bonchev–Trinajstić information content (AvgIpc) is 2.71. The highest BCUT2D eigenvalue weighted by molar-refractivity contribution is 7.98. The second-order valence-corrected chi connectivity index (χ2v) is 4.45. The van der Waals surface area contributed by atoms with Gasteiger partial charge < -0.3 is 5.32 Å². The number of rotatable bonds is 2. The van der Waals surface area contributed by atoms with Crippen molar-refractivity contribution < 1.29 is 8.78 Å². The van der Waals surface area contributed by atoms with Crippen LogP contribution in [0.1, 0.15) is 24.4 Å². The lowest BCUT2D eigenvalue weighted by Crippen LogP contribution is -2.14. The Morgan fingerprint density at radius 1 is 1.40 bits per heavy atom. The van der Waals surface area contributed by atoms with Crippen molar-refractivity contribution in [2.45, 2.75) is 23.8 Å². The second-order valence-electron chi connectivity index (χ2n) is 3.63. The second kappa shape index (κ2) is 4.49. The molecule has 0 radical (unpaired) electrons. The molecule has 4 heteroatoms. The fourth-order valence-electron chi connectivity index (χ4n) is 1.95. The van der Waals surface area contributed by atoms with Gasteiger partial charge in [-0.05, 0) is 31.7 Å². The summed E-state index contributed by atoms with van der Waals surface area (Å²) in [5.41, 5.74) is 0.596. The molecule has 1 N–H and O–H groups in total. The molecule has 1 nitrogen and oxygen atoms in total. The van der Waals surface area contributed by atoms with Crippen LogP contribution in [0.25, 0.3) is 0 Å². The number of hydrogen-bond acceptors (Lipinski definition) is 2. The van der Waals surface area contributed by atoms with E-state index in [1.165, 1.54) is 6.07 Å². The largest absolute Gasteiger partial charge is 0.310 e. The Labute approximate surface area is 92.3 Å². The van der Waals surface area contributed by atoms with Crippen molar-refractivity contribution in [3.05, 3.63) is 29.3 Å². The Morgan fingerprint density at radius 3 is 2.80 bits per heavy atom. The minimum Gasteiger partial charge on any atom is -0.310 e. The van der Waals surface area contributed by atoms with Gasteiger partial charge >= 0.3 is 0 Å². The van der Waals surface area contributed by atoms with Crippen LogP contribution in [0.2, 0.25) is 0 Å². The van der Waals surface area contributed by atoms with Crippen LogP contribution in [0.5, 0.6) is 0 Å². The zero-order valence-electron chi connectivity index (χ0n) is 8.52. The average molecular weight is 229 g/mol. The monoisotopic (exact) mass is 229 g/mol. The fourth-order valence-corrected chi connectivity index (χ4v) is 2.51. The van der Waals surface area contributed by atoms with Crippen molar-refractivity contribution in [2.75, 3.05) is 12.8 Å². The van der Waals surface area contributed by atoms with E-state index < -0.39 is 11.6 Å². The molecule has 2 rings (SSSR count). The molecule has 1 aliphatic rings. The quantitative estimate of drug-likeness (QED) is 0.782. The third-order valence-electron chi connectivity index (χ3n) is 2.72. The van der Waals surface area contributed by atoms with Gasteiger partial charge in [0.25, 0.3) is 0 Å². The van der Waals surface area contributed by atoms with Crippen LogP contribution in [0.3, 0.4) is 0 Å². The van der Waals surface area contributed by atoms with Crippen molar-refractivity contribution in [1.82, 2.24) is 5.32 Å². The smallest absolute Gasteiger partial charge is 0.144 e. The molecule has 0 bridgehead atoms. The van der Waals surface area contributed by atoms with Gasteiger partial charge in [-0.2, -0.15) is 0 Å². The third kappa shape index (κ3) is 2.01. The van der Waals surface area contributed by atoms with Gasteiger partial charge in [0.05, 0.1) is 4.90 Å². The van der Waals surface area contributed by atoms with Crippen molar-refractivity contribution in [3.8, 4) is 0 Å². The Morgan fingerprint density at radius 2 is 2.20 bits per heavy atom. The van der Waals surface area contributed by atoms with Crippen molar-refractivity contribution in [2.24, 2.45) is 0 Å². The molecule has 82 valence electrons. The van der Waals surface area contributed by atoms with E-state index >= 15 is 0 Å². The summed E-state index contributed by atoms with van der Waals surface area (Å²) in [5.74, 6) is -0.872. The van der Waals surface area contributed by atoms with Gasteiger partial charge in [-0.3, -0.25) is 0 Å². The molecule has 1 atom stereocenters. The summed E-state index contributed by atoms with van der Waals surface area (Å²) in [6, 6.07) is 2.95. The molecule has 1 unspecified atom stereocenters. The predicted molar refractivity (Wildman–Crippen MR) is 58.1 cm³/mol. The predicted octanol–water partition coefficient (Wildman–Crippen LogP) is 3.11. The first kappa shape index (κ1) is 10.9. The lowest BCUT2D eigenvalue weighted by atomic mass is 10.0. The molecule has 0 saturated carbocycles. The molecular formula is C11H13F2NS. The molecule has 1 fully saturated rings. The van der Waals surface area contributed by atoms with E-state index in [1.807, 2.05) is 0 Å². The standard InChI is InChI=1S/C11H13F2NS/c1-15-11-8(12)5-4-7(10(11)13)9-3-2-6-14-9/h4-5,9,14H,2-3,6H2,1H3. The lowest BCUT2D eigenvalue weighted by molar-refractivity contribution is 0.507. The van der Waals surface area contributed by atoms with Crippen LogP contribution >= 0.6 is 11.8 Å². The summed E-state index contributed by atoms with van der Waals surface area (Å²) in [7, 11) is 0. The summed E-state index contributed by atoms with van der Waals surface area (Å²) in [5, 5.41) is 3.21. The first-order chi connectivity index (χ1) is 7.24. The maximum Gasteiger partial charge on any atom is 0.144 e. The molecule has 1 saturated heterocycles. The number of halogens is 2. The highest BCUT2D eigenvalue weighted by Crippen LogP contribution is 2.31. The van der Waals surface area contributed by atoms with Crippen LogP contribution in [0.4, 0.5) is 8.78 Å². The molecule has 1 heterocycles. The van der Waals surface area contributed by atoms with E-state index in [2.05, 4.69) is 5.32 Å². The first-order valence-corrected chi connectivity index (χ1v) is 6.21. The third-order valence-corrected chi connectivity index (χ3v) is 3.50. The highest BCUT2D eigenvalue weighted by atomic mass is 32.2. The van der Waals surface area contributed by atoms with E-state index in [1.54, 1.807) is 12.3 Å². The van der Waals surface area contributed by atoms with Crippen molar-refractivity contribution >= 4 is 11.8 Å². The Kier molecular flexibility index (Phi) is 3.26. The van der Waals surface area contributed by atoms with Gasteiger partial charge in [0.15, 0.2) is 0 Å². The maximum absolute atomic E-state index is 13.9. The molecule has 15 heavy (non-hydrogen) atoms. The first-order valence-electron chi connectivity index (χ1n) is 4.99. The summed E-state index contributed by atoms with van der Waals surface area (Å²) >= 11 is 1.12. The molecule has 0 aliphatic carbocycles. The van der Waals surface area contributed by atoms with E-state index in [0.29, 0.717) is 5.56 Å². The van der Waals surface area contributed by atoms with Crippen LogP contribution in [-0.2, 0) is 0 Å². The zero-order valence-corrected chi connectivity index (χ0v) is 9.33. The zero-order chi connectivity index (χ0) is 10.8. The molecule has 1 aromatic carbocycles. The normalized spacial score (nSPS) is 20.9. The van der Waals surface area contributed by atoms with Gasteiger partial charge in [0.1, 0.15) is 11.6 Å². The maximum atomic E-state index is 13.9. The van der Waals surface area contributed by atoms with E-state index in [-0.39, 0.29) is 10.9 Å². The number of thioether (sulfide) groups is 1. The number of hydrogen-bond donors (Lipinski definition) is 1. The van der Waals surface area contributed by atoms with Crippen LogP contribution in [0.15, 0.2) is 17.0 Å². The van der Waals surface area contributed by atoms with Crippen molar-refractivity contribution in [1.29, 1.82) is 0 Å². The summed E-state index contributed by atoms with van der Waals surface area (Å²) in [4.78, 5) is 0.126. The molecule has 1 aliphatic heterocycles. The molecule has 0 spiro atoms. The Balaban J connectivity index is 2.39. The van der Waals surface area contributed by atoms with Crippen LogP contribution < -0.4 is 5.32 Å². The van der Waals surface area contributed by atoms with Crippen LogP contribution in [-0.4, -0.2) is 12.8 Å². The van der Waals surface area contributed by atoms with Gasteiger partial charge in [-0.1, -0.05) is 6.07 Å². The topological polar surface area (TPSA) is 12.0 Å². The SMILES string of the molecule is CSc1c(F)ccc(C2CCCN2)c1F. The highest BCUT2D eigenvalue weighted by Gasteiger charge is 2.22. The van der Waals surface area contributed by atoms with E-state index in [9.17, 15) is 8.78 Å². The number of benzene rings is 1. The minimum absolute atomic E-state index is 0.0523. The summed E-state index contributed by atoms with van der Waals surface area (Å²) in [6.07, 6.45) is 3.67. The Hall–Kier alpha value is -0.610. The minimum atomic E-state index is -0.471. The molecule has 0 amide bonds. The molecule has 1 aromatic rings. The van der Waals surface area contributed by atoms with Gasteiger partial charge in [0.2, 0.25) is 0 Å². The van der Waals surface area contributed by atoms with Gasteiger partial charge in [-0.15, -0.1) is 11.8 Å².